The second-order valence-corrected chi connectivity index (χ2v) is 12.0. The molecular weight excluding hydrogens is 553 g/mol. The molecule has 0 unspecified atom stereocenters. The van der Waals surface area contributed by atoms with E-state index in [4.69, 9.17) is 0 Å². The molecule has 9 aromatic rings. The summed E-state index contributed by atoms with van der Waals surface area (Å²) < 4.78 is 0. The summed E-state index contributed by atoms with van der Waals surface area (Å²) in [6.07, 6.45) is 0. The van der Waals surface area contributed by atoms with Crippen LogP contribution in [0.4, 0.5) is 0 Å². The topological polar surface area (TPSA) is 0 Å². The summed E-state index contributed by atoms with van der Waals surface area (Å²) in [6.45, 7) is 0. The maximum absolute atomic E-state index is 2.33. The van der Waals surface area contributed by atoms with Crippen LogP contribution in [0.3, 0.4) is 0 Å². The van der Waals surface area contributed by atoms with Crippen molar-refractivity contribution in [3.8, 4) is 44.5 Å². The highest BCUT2D eigenvalue weighted by atomic mass is 14.2. The first-order chi connectivity index (χ1) is 22.8. The maximum atomic E-state index is 2.33. The maximum Gasteiger partial charge on any atom is -0.00201 e. The third-order valence-corrected chi connectivity index (χ3v) is 9.46. The van der Waals surface area contributed by atoms with E-state index in [0.717, 1.165) is 0 Å². The van der Waals surface area contributed by atoms with Crippen molar-refractivity contribution in [3.63, 3.8) is 0 Å². The molecule has 0 spiro atoms. The molecule has 214 valence electrons. The van der Waals surface area contributed by atoms with E-state index in [9.17, 15) is 0 Å². The lowest BCUT2D eigenvalue weighted by Crippen LogP contribution is -1.94. The van der Waals surface area contributed by atoms with Crippen LogP contribution >= 0.6 is 0 Å². The van der Waals surface area contributed by atoms with E-state index in [0.29, 0.717) is 0 Å². The molecule has 0 atom stereocenters. The van der Waals surface area contributed by atoms with Crippen molar-refractivity contribution >= 4 is 43.1 Å². The number of hydrogen-bond acceptors (Lipinski definition) is 0. The molecule has 0 fully saturated rings. The van der Waals surface area contributed by atoms with Crippen molar-refractivity contribution in [1.29, 1.82) is 0 Å². The van der Waals surface area contributed by atoms with Gasteiger partial charge < -0.3 is 0 Å². The van der Waals surface area contributed by atoms with Crippen LogP contribution in [0.25, 0.3) is 87.6 Å². The molecule has 0 N–H and O–H groups in total. The Morgan fingerprint density at radius 3 is 1.26 bits per heavy atom. The Morgan fingerprint density at radius 2 is 0.630 bits per heavy atom. The third kappa shape index (κ3) is 4.23. The van der Waals surface area contributed by atoms with Gasteiger partial charge in [0.1, 0.15) is 0 Å². The number of benzene rings is 9. The molecule has 0 heteroatoms. The Hall–Kier alpha value is -5.98. The van der Waals surface area contributed by atoms with Gasteiger partial charge in [-0.1, -0.05) is 176 Å². The Labute approximate surface area is 268 Å². The minimum absolute atomic E-state index is 1.23. The molecule has 0 aliphatic carbocycles. The van der Waals surface area contributed by atoms with Gasteiger partial charge in [-0.2, -0.15) is 0 Å². The lowest BCUT2D eigenvalue weighted by Gasteiger charge is -2.21. The normalized spacial score (nSPS) is 11.5. The summed E-state index contributed by atoms with van der Waals surface area (Å²) >= 11 is 0. The van der Waals surface area contributed by atoms with Gasteiger partial charge in [0.2, 0.25) is 0 Å². The van der Waals surface area contributed by atoms with Crippen LogP contribution in [-0.4, -0.2) is 0 Å². The first kappa shape index (κ1) is 26.4. The molecule has 0 heterocycles. The van der Waals surface area contributed by atoms with Gasteiger partial charge in [0.25, 0.3) is 0 Å². The fourth-order valence-corrected chi connectivity index (χ4v) is 7.41. The van der Waals surface area contributed by atoms with Crippen molar-refractivity contribution < 1.29 is 0 Å². The molecule has 0 saturated heterocycles. The predicted octanol–water partition coefficient (Wildman–Crippen LogP) is 13.0. The van der Waals surface area contributed by atoms with Crippen LogP contribution in [0, 0.1) is 0 Å². The summed E-state index contributed by atoms with van der Waals surface area (Å²) in [5.41, 5.74) is 10.0. The van der Waals surface area contributed by atoms with E-state index < -0.39 is 0 Å². The number of fused-ring (bicyclic) bond motifs is 4. The largest absolute Gasteiger partial charge is 0.0616 e. The van der Waals surface area contributed by atoms with Crippen molar-refractivity contribution in [2.45, 2.75) is 0 Å². The van der Waals surface area contributed by atoms with Gasteiger partial charge in [0, 0.05) is 0 Å². The standard InChI is InChI=1S/C46H30/c1-2-16-33-30-34(29-28-31(33)14-1)36-19-5-7-21-39(36)45-41-23-9-11-25-43(41)46(44-26-12-10-24-42(44)45)40-22-8-6-20-38(40)37-27-13-17-32-15-3-4-18-35(32)37/h1-30H. The molecule has 0 saturated carbocycles. The van der Waals surface area contributed by atoms with E-state index in [2.05, 4.69) is 182 Å². The van der Waals surface area contributed by atoms with Crippen LogP contribution in [0.15, 0.2) is 182 Å². The van der Waals surface area contributed by atoms with Gasteiger partial charge >= 0.3 is 0 Å². The quantitative estimate of drug-likeness (QED) is 0.181. The second kappa shape index (κ2) is 10.9. The zero-order valence-electron chi connectivity index (χ0n) is 25.3. The van der Waals surface area contributed by atoms with E-state index in [1.54, 1.807) is 0 Å². The lowest BCUT2D eigenvalue weighted by molar-refractivity contribution is 1.61. The van der Waals surface area contributed by atoms with Crippen molar-refractivity contribution in [1.82, 2.24) is 0 Å². The van der Waals surface area contributed by atoms with Crippen LogP contribution < -0.4 is 0 Å². The molecule has 0 aliphatic heterocycles. The average molecular weight is 583 g/mol. The molecule has 0 aliphatic rings. The van der Waals surface area contributed by atoms with Crippen molar-refractivity contribution in [2.24, 2.45) is 0 Å². The van der Waals surface area contributed by atoms with Gasteiger partial charge in [0.05, 0.1) is 0 Å². The summed E-state index contributed by atoms with van der Waals surface area (Å²) in [6, 6.07) is 66.5. The summed E-state index contributed by atoms with van der Waals surface area (Å²) in [5.74, 6) is 0. The summed E-state index contributed by atoms with van der Waals surface area (Å²) in [7, 11) is 0. The van der Waals surface area contributed by atoms with Crippen LogP contribution in [0.1, 0.15) is 0 Å². The van der Waals surface area contributed by atoms with E-state index in [1.165, 1.54) is 87.6 Å². The zero-order chi connectivity index (χ0) is 30.5. The smallest absolute Gasteiger partial charge is 0.00201 e. The summed E-state index contributed by atoms with van der Waals surface area (Å²) in [5, 5.41) is 10.1. The molecule has 9 aromatic carbocycles. The first-order valence-corrected chi connectivity index (χ1v) is 15.9. The number of rotatable bonds is 4. The first-order valence-electron chi connectivity index (χ1n) is 15.9. The monoisotopic (exact) mass is 582 g/mol. The Balaban J connectivity index is 1.36. The fraction of sp³-hybridized carbons (Fsp3) is 0. The Morgan fingerprint density at radius 1 is 0.217 bits per heavy atom. The van der Waals surface area contributed by atoms with Crippen LogP contribution in [0.2, 0.25) is 0 Å². The molecule has 46 heavy (non-hydrogen) atoms. The minimum atomic E-state index is 1.23. The molecule has 0 radical (unpaired) electrons. The zero-order valence-corrected chi connectivity index (χ0v) is 25.3. The van der Waals surface area contributed by atoms with E-state index in [1.807, 2.05) is 0 Å². The Bertz CT molecular complexity index is 2520. The van der Waals surface area contributed by atoms with Crippen LogP contribution in [0.5, 0.6) is 0 Å². The highest BCUT2D eigenvalue weighted by molar-refractivity contribution is 6.23. The molecule has 9 rings (SSSR count). The van der Waals surface area contributed by atoms with Crippen LogP contribution in [-0.2, 0) is 0 Å². The molecular formula is C46H30. The molecule has 0 aromatic heterocycles. The average Bonchev–Trinajstić information content (AvgIpc) is 3.13. The van der Waals surface area contributed by atoms with Gasteiger partial charge in [-0.3, -0.25) is 0 Å². The van der Waals surface area contributed by atoms with E-state index in [-0.39, 0.29) is 0 Å². The van der Waals surface area contributed by atoms with Gasteiger partial charge in [0.15, 0.2) is 0 Å². The minimum Gasteiger partial charge on any atom is -0.0616 e. The second-order valence-electron chi connectivity index (χ2n) is 12.0. The highest BCUT2D eigenvalue weighted by Gasteiger charge is 2.20. The third-order valence-electron chi connectivity index (χ3n) is 9.46. The Kier molecular flexibility index (Phi) is 6.25. The summed E-state index contributed by atoms with van der Waals surface area (Å²) in [4.78, 5) is 0. The lowest BCUT2D eigenvalue weighted by atomic mass is 9.82. The van der Waals surface area contributed by atoms with Crippen molar-refractivity contribution in [2.75, 3.05) is 0 Å². The molecule has 0 amide bonds. The van der Waals surface area contributed by atoms with E-state index >= 15 is 0 Å². The predicted molar refractivity (Wildman–Crippen MR) is 198 cm³/mol. The SMILES string of the molecule is c1ccc(-c2c3ccccc3c(-c3ccccc3-c3cccc4ccccc34)c3ccccc23)c(-c2ccc3ccccc3c2)c1. The van der Waals surface area contributed by atoms with Gasteiger partial charge in [-0.05, 0) is 93.7 Å². The number of hydrogen-bond donors (Lipinski definition) is 0. The fourth-order valence-electron chi connectivity index (χ4n) is 7.41. The molecule has 0 nitrogen and oxygen atoms in total. The van der Waals surface area contributed by atoms with Crippen molar-refractivity contribution in [3.05, 3.63) is 182 Å². The molecule has 0 bridgehead atoms. The van der Waals surface area contributed by atoms with Gasteiger partial charge in [-0.15, -0.1) is 0 Å². The van der Waals surface area contributed by atoms with Gasteiger partial charge in [-0.25, -0.2) is 0 Å². The highest BCUT2D eigenvalue weighted by Crippen LogP contribution is 2.48.